The molecule has 0 bridgehead atoms. The molecule has 1 heterocycles. The molecule has 1 aliphatic rings. The summed E-state index contributed by atoms with van der Waals surface area (Å²) in [4.78, 5) is 23.6. The summed E-state index contributed by atoms with van der Waals surface area (Å²) in [6.45, 7) is 0.577. The van der Waals surface area contributed by atoms with Gasteiger partial charge in [0.1, 0.15) is 11.7 Å². The highest BCUT2D eigenvalue weighted by molar-refractivity contribution is 6.34. The summed E-state index contributed by atoms with van der Waals surface area (Å²) in [5.41, 5.74) is 0.396. The van der Waals surface area contributed by atoms with Crippen molar-refractivity contribution in [2.75, 3.05) is 13.2 Å². The SMILES string of the molecule is O=C1CCOCC1C(=O)c1ccccc1Cl. The van der Waals surface area contributed by atoms with Gasteiger partial charge in [0.2, 0.25) is 0 Å². The van der Waals surface area contributed by atoms with Crippen LogP contribution in [0.4, 0.5) is 0 Å². The molecule has 0 spiro atoms. The lowest BCUT2D eigenvalue weighted by Gasteiger charge is -2.20. The van der Waals surface area contributed by atoms with Gasteiger partial charge in [0.05, 0.1) is 18.2 Å². The molecule has 0 aromatic heterocycles. The van der Waals surface area contributed by atoms with Crippen LogP contribution in [0.5, 0.6) is 0 Å². The number of Topliss-reactive ketones (excluding diaryl/α,β-unsaturated/α-hetero) is 2. The van der Waals surface area contributed by atoms with E-state index in [0.717, 1.165) is 0 Å². The third-order valence-corrected chi connectivity index (χ3v) is 2.95. The van der Waals surface area contributed by atoms with Crippen LogP contribution in [-0.2, 0) is 9.53 Å². The second-order valence-corrected chi connectivity index (χ2v) is 4.10. The highest BCUT2D eigenvalue weighted by atomic mass is 35.5. The van der Waals surface area contributed by atoms with E-state index < -0.39 is 5.92 Å². The molecule has 4 heteroatoms. The van der Waals surface area contributed by atoms with Gasteiger partial charge < -0.3 is 4.74 Å². The maximum atomic E-state index is 12.0. The van der Waals surface area contributed by atoms with Gasteiger partial charge in [-0.05, 0) is 12.1 Å². The molecule has 16 heavy (non-hydrogen) atoms. The van der Waals surface area contributed by atoms with E-state index in [1.807, 2.05) is 0 Å². The van der Waals surface area contributed by atoms with Crippen molar-refractivity contribution in [3.05, 3.63) is 34.9 Å². The summed E-state index contributed by atoms with van der Waals surface area (Å²) < 4.78 is 5.15. The molecule has 0 radical (unpaired) electrons. The number of halogens is 1. The largest absolute Gasteiger partial charge is 0.380 e. The van der Waals surface area contributed by atoms with Gasteiger partial charge in [-0.15, -0.1) is 0 Å². The number of ether oxygens (including phenoxy) is 1. The van der Waals surface area contributed by atoms with Crippen molar-refractivity contribution in [3.8, 4) is 0 Å². The zero-order valence-electron chi connectivity index (χ0n) is 8.61. The fourth-order valence-electron chi connectivity index (χ4n) is 1.71. The molecule has 0 aliphatic carbocycles. The molecule has 1 aliphatic heterocycles. The van der Waals surface area contributed by atoms with Crippen LogP contribution < -0.4 is 0 Å². The maximum Gasteiger partial charge on any atom is 0.177 e. The van der Waals surface area contributed by atoms with Gasteiger partial charge >= 0.3 is 0 Å². The Balaban J connectivity index is 2.25. The lowest BCUT2D eigenvalue weighted by molar-refractivity contribution is -0.128. The molecule has 1 aromatic carbocycles. The Morgan fingerprint density at radius 3 is 2.81 bits per heavy atom. The smallest absolute Gasteiger partial charge is 0.177 e. The van der Waals surface area contributed by atoms with Crippen molar-refractivity contribution in [1.29, 1.82) is 0 Å². The molecule has 0 saturated carbocycles. The van der Waals surface area contributed by atoms with Gasteiger partial charge in [-0.1, -0.05) is 23.7 Å². The van der Waals surface area contributed by atoms with Crippen molar-refractivity contribution in [2.45, 2.75) is 6.42 Å². The van der Waals surface area contributed by atoms with Gasteiger partial charge in [0.25, 0.3) is 0 Å². The Hall–Kier alpha value is -1.19. The van der Waals surface area contributed by atoms with Crippen LogP contribution in [0.1, 0.15) is 16.8 Å². The van der Waals surface area contributed by atoms with E-state index in [1.54, 1.807) is 24.3 Å². The molecule has 1 unspecified atom stereocenters. The molecule has 84 valence electrons. The minimum Gasteiger partial charge on any atom is -0.380 e. The number of rotatable bonds is 2. The molecule has 0 amide bonds. The zero-order chi connectivity index (χ0) is 11.5. The number of hydrogen-bond acceptors (Lipinski definition) is 3. The summed E-state index contributed by atoms with van der Waals surface area (Å²) >= 11 is 5.91. The second kappa shape index (κ2) is 4.76. The van der Waals surface area contributed by atoms with E-state index in [2.05, 4.69) is 0 Å². The molecular weight excluding hydrogens is 228 g/mol. The standard InChI is InChI=1S/C12H11ClO3/c13-10-4-2-1-3-8(10)12(15)9-7-16-6-5-11(9)14/h1-4,9H,5-7H2. The van der Waals surface area contributed by atoms with Gasteiger partial charge in [0, 0.05) is 12.0 Å². The van der Waals surface area contributed by atoms with Crippen molar-refractivity contribution >= 4 is 23.2 Å². The summed E-state index contributed by atoms with van der Waals surface area (Å²) in [7, 11) is 0. The second-order valence-electron chi connectivity index (χ2n) is 3.69. The normalized spacial score (nSPS) is 20.8. The Bertz CT molecular complexity index is 428. The summed E-state index contributed by atoms with van der Waals surface area (Å²) in [5.74, 6) is -0.986. The Morgan fingerprint density at radius 2 is 2.12 bits per heavy atom. The third-order valence-electron chi connectivity index (χ3n) is 2.62. The van der Waals surface area contributed by atoms with Crippen LogP contribution in [0.2, 0.25) is 5.02 Å². The molecule has 2 rings (SSSR count). The van der Waals surface area contributed by atoms with Crippen molar-refractivity contribution in [1.82, 2.24) is 0 Å². The molecule has 1 saturated heterocycles. The lowest BCUT2D eigenvalue weighted by Crippen LogP contribution is -2.34. The minimum atomic E-state index is -0.686. The Morgan fingerprint density at radius 1 is 1.38 bits per heavy atom. The minimum absolute atomic E-state index is 0.0591. The van der Waals surface area contributed by atoms with E-state index in [-0.39, 0.29) is 18.2 Å². The third kappa shape index (κ3) is 2.15. The number of benzene rings is 1. The van der Waals surface area contributed by atoms with Gasteiger partial charge in [-0.2, -0.15) is 0 Å². The quantitative estimate of drug-likeness (QED) is 0.586. The first-order valence-corrected chi connectivity index (χ1v) is 5.47. The molecule has 0 N–H and O–H groups in total. The predicted octanol–water partition coefficient (Wildman–Crippen LogP) is 2.13. The van der Waals surface area contributed by atoms with E-state index in [1.165, 1.54) is 0 Å². The van der Waals surface area contributed by atoms with E-state index >= 15 is 0 Å². The Kier molecular flexibility index (Phi) is 3.36. The van der Waals surface area contributed by atoms with Crippen molar-refractivity contribution < 1.29 is 14.3 Å². The van der Waals surface area contributed by atoms with Gasteiger partial charge in [-0.25, -0.2) is 0 Å². The molecule has 1 fully saturated rings. The number of ketones is 2. The first-order valence-electron chi connectivity index (χ1n) is 5.09. The van der Waals surface area contributed by atoms with Crippen LogP contribution >= 0.6 is 11.6 Å². The van der Waals surface area contributed by atoms with Crippen LogP contribution in [-0.4, -0.2) is 24.8 Å². The average molecular weight is 239 g/mol. The van der Waals surface area contributed by atoms with Crippen LogP contribution in [0.15, 0.2) is 24.3 Å². The molecule has 3 nitrogen and oxygen atoms in total. The number of carbonyl (C=O) groups excluding carboxylic acids is 2. The number of hydrogen-bond donors (Lipinski definition) is 0. The molecule has 1 aromatic rings. The fraction of sp³-hybridized carbons (Fsp3) is 0.333. The van der Waals surface area contributed by atoms with E-state index in [4.69, 9.17) is 16.3 Å². The Labute approximate surface area is 98.4 Å². The summed E-state index contributed by atoms with van der Waals surface area (Å²) in [5, 5.41) is 0.380. The monoisotopic (exact) mass is 238 g/mol. The highest BCUT2D eigenvalue weighted by Crippen LogP contribution is 2.21. The van der Waals surface area contributed by atoms with Crippen LogP contribution in [0.3, 0.4) is 0 Å². The molecule has 1 atom stereocenters. The van der Waals surface area contributed by atoms with Gasteiger partial charge in [0.15, 0.2) is 5.78 Å². The lowest BCUT2D eigenvalue weighted by atomic mass is 9.91. The topological polar surface area (TPSA) is 43.4 Å². The first kappa shape index (κ1) is 11.3. The highest BCUT2D eigenvalue weighted by Gasteiger charge is 2.31. The average Bonchev–Trinajstić information content (AvgIpc) is 2.29. The van der Waals surface area contributed by atoms with Crippen LogP contribution in [0.25, 0.3) is 0 Å². The van der Waals surface area contributed by atoms with Gasteiger partial charge in [-0.3, -0.25) is 9.59 Å². The van der Waals surface area contributed by atoms with E-state index in [0.29, 0.717) is 23.6 Å². The van der Waals surface area contributed by atoms with Crippen molar-refractivity contribution in [2.24, 2.45) is 5.92 Å². The maximum absolute atomic E-state index is 12.0. The number of carbonyl (C=O) groups is 2. The molecular formula is C12H11ClO3. The summed E-state index contributed by atoms with van der Waals surface area (Å²) in [6, 6.07) is 6.75. The fourth-order valence-corrected chi connectivity index (χ4v) is 1.94. The predicted molar refractivity (Wildman–Crippen MR) is 59.7 cm³/mol. The van der Waals surface area contributed by atoms with Crippen LogP contribution in [0, 0.1) is 5.92 Å². The summed E-state index contributed by atoms with van der Waals surface area (Å²) in [6.07, 6.45) is 0.306. The first-order chi connectivity index (χ1) is 7.70. The van der Waals surface area contributed by atoms with E-state index in [9.17, 15) is 9.59 Å². The van der Waals surface area contributed by atoms with Crippen molar-refractivity contribution in [3.63, 3.8) is 0 Å². The zero-order valence-corrected chi connectivity index (χ0v) is 9.37.